The number of hydrogen-bond acceptors (Lipinski definition) is 4. The van der Waals surface area contributed by atoms with Gasteiger partial charge in [-0.15, -0.1) is 0 Å². The van der Waals surface area contributed by atoms with Crippen molar-refractivity contribution in [2.75, 3.05) is 6.26 Å². The maximum atomic E-state index is 13.0. The Morgan fingerprint density at radius 3 is 2.64 bits per heavy atom. The van der Waals surface area contributed by atoms with Crippen LogP contribution in [0.5, 0.6) is 0 Å². The topological polar surface area (TPSA) is 69.5 Å². The lowest BCUT2D eigenvalue weighted by atomic mass is 10.0. The number of alkyl halides is 3. The SMILES string of the molecule is CSc1nc(-c2ccc(I)c(C(F)(F)F)c2)c(C#N)c(=O)[nH]1. The van der Waals surface area contributed by atoms with E-state index in [4.69, 9.17) is 5.26 Å². The Labute approximate surface area is 140 Å². The summed E-state index contributed by atoms with van der Waals surface area (Å²) in [6.07, 6.45) is -2.87. The first-order chi connectivity index (χ1) is 10.3. The first-order valence-electron chi connectivity index (χ1n) is 5.73. The normalized spacial score (nSPS) is 11.3. The third-order valence-corrected chi connectivity index (χ3v) is 4.27. The molecule has 114 valence electrons. The highest BCUT2D eigenvalue weighted by Crippen LogP contribution is 2.35. The molecule has 0 unspecified atom stereocenters. The molecule has 1 aromatic heterocycles. The zero-order chi connectivity index (χ0) is 16.5. The average Bonchev–Trinajstić information content (AvgIpc) is 2.45. The van der Waals surface area contributed by atoms with Gasteiger partial charge in [0.2, 0.25) is 0 Å². The van der Waals surface area contributed by atoms with Gasteiger partial charge in [-0.05, 0) is 41.0 Å². The van der Waals surface area contributed by atoms with Crippen molar-refractivity contribution in [1.82, 2.24) is 9.97 Å². The van der Waals surface area contributed by atoms with Crippen LogP contribution in [0.2, 0.25) is 0 Å². The number of thioether (sulfide) groups is 1. The molecule has 0 fully saturated rings. The molecule has 0 saturated heterocycles. The van der Waals surface area contributed by atoms with Crippen LogP contribution in [0.4, 0.5) is 13.2 Å². The fraction of sp³-hybridized carbons (Fsp3) is 0.154. The van der Waals surface area contributed by atoms with Gasteiger partial charge in [-0.25, -0.2) is 4.98 Å². The molecule has 0 spiro atoms. The molecule has 2 rings (SSSR count). The zero-order valence-corrected chi connectivity index (χ0v) is 13.9. The predicted molar refractivity (Wildman–Crippen MR) is 84.5 cm³/mol. The van der Waals surface area contributed by atoms with E-state index in [2.05, 4.69) is 9.97 Å². The molecular weight excluding hydrogens is 430 g/mol. The molecule has 1 N–H and O–H groups in total. The van der Waals surface area contributed by atoms with E-state index < -0.39 is 17.3 Å². The highest BCUT2D eigenvalue weighted by molar-refractivity contribution is 14.1. The van der Waals surface area contributed by atoms with Gasteiger partial charge in [0.25, 0.3) is 5.56 Å². The second-order valence-electron chi connectivity index (χ2n) is 4.10. The molecule has 2 aromatic rings. The van der Waals surface area contributed by atoms with Gasteiger partial charge in [-0.2, -0.15) is 18.4 Å². The number of nitriles is 1. The van der Waals surface area contributed by atoms with Crippen LogP contribution in [-0.4, -0.2) is 16.2 Å². The fourth-order valence-corrected chi connectivity index (χ4v) is 2.77. The van der Waals surface area contributed by atoms with Gasteiger partial charge in [0, 0.05) is 9.13 Å². The monoisotopic (exact) mass is 437 g/mol. The van der Waals surface area contributed by atoms with Gasteiger partial charge < -0.3 is 4.98 Å². The maximum absolute atomic E-state index is 13.0. The quantitative estimate of drug-likeness (QED) is 0.443. The van der Waals surface area contributed by atoms with Gasteiger partial charge in [0.1, 0.15) is 11.6 Å². The minimum Gasteiger partial charge on any atom is -0.300 e. The van der Waals surface area contributed by atoms with Crippen LogP contribution in [0.15, 0.2) is 28.2 Å². The van der Waals surface area contributed by atoms with Crippen molar-refractivity contribution in [3.8, 4) is 17.3 Å². The molecule has 0 amide bonds. The number of rotatable bonds is 2. The number of hydrogen-bond donors (Lipinski definition) is 1. The molecule has 0 aliphatic carbocycles. The van der Waals surface area contributed by atoms with Crippen molar-refractivity contribution in [2.24, 2.45) is 0 Å². The lowest BCUT2D eigenvalue weighted by Crippen LogP contribution is -2.15. The molecule has 0 radical (unpaired) electrons. The summed E-state index contributed by atoms with van der Waals surface area (Å²) >= 11 is 2.71. The first kappa shape index (κ1) is 16.8. The Morgan fingerprint density at radius 1 is 1.41 bits per heavy atom. The molecule has 22 heavy (non-hydrogen) atoms. The van der Waals surface area contributed by atoms with Crippen LogP contribution in [0.1, 0.15) is 11.1 Å². The fourth-order valence-electron chi connectivity index (χ4n) is 1.75. The highest BCUT2D eigenvalue weighted by atomic mass is 127. The molecule has 9 heteroatoms. The first-order valence-corrected chi connectivity index (χ1v) is 8.03. The number of halogens is 4. The molecule has 0 aliphatic heterocycles. The average molecular weight is 437 g/mol. The smallest absolute Gasteiger partial charge is 0.300 e. The Hall–Kier alpha value is -1.54. The molecule has 0 bridgehead atoms. The van der Waals surface area contributed by atoms with Crippen LogP contribution in [0, 0.1) is 14.9 Å². The molecule has 1 aromatic carbocycles. The van der Waals surface area contributed by atoms with E-state index in [0.29, 0.717) is 0 Å². The van der Waals surface area contributed by atoms with Gasteiger partial charge in [0.05, 0.1) is 11.3 Å². The summed E-state index contributed by atoms with van der Waals surface area (Å²) in [4.78, 5) is 18.3. The second-order valence-corrected chi connectivity index (χ2v) is 6.06. The Bertz CT molecular complexity index is 827. The van der Waals surface area contributed by atoms with E-state index in [9.17, 15) is 18.0 Å². The lowest BCUT2D eigenvalue weighted by Gasteiger charge is -2.11. The second kappa shape index (κ2) is 6.29. The lowest BCUT2D eigenvalue weighted by molar-refractivity contribution is -0.138. The van der Waals surface area contributed by atoms with Crippen LogP contribution in [0.25, 0.3) is 11.3 Å². The molecule has 4 nitrogen and oxygen atoms in total. The number of benzene rings is 1. The highest BCUT2D eigenvalue weighted by Gasteiger charge is 2.33. The Kier molecular flexibility index (Phi) is 4.81. The van der Waals surface area contributed by atoms with Crippen molar-refractivity contribution in [3.63, 3.8) is 0 Å². The van der Waals surface area contributed by atoms with Crippen molar-refractivity contribution >= 4 is 34.4 Å². The van der Waals surface area contributed by atoms with E-state index in [0.717, 1.165) is 17.8 Å². The Morgan fingerprint density at radius 2 is 2.09 bits per heavy atom. The number of aromatic nitrogens is 2. The summed E-state index contributed by atoms with van der Waals surface area (Å²) in [7, 11) is 0. The summed E-state index contributed by atoms with van der Waals surface area (Å²) in [5.74, 6) is 0. The van der Waals surface area contributed by atoms with E-state index >= 15 is 0 Å². The molecule has 0 atom stereocenters. The molecular formula is C13H7F3IN3OS. The summed E-state index contributed by atoms with van der Waals surface area (Å²) in [6.45, 7) is 0. The van der Waals surface area contributed by atoms with Gasteiger partial charge >= 0.3 is 6.18 Å². The van der Waals surface area contributed by atoms with Crippen LogP contribution in [0.3, 0.4) is 0 Å². The molecule has 0 saturated carbocycles. The minimum absolute atomic E-state index is 0.0299. The van der Waals surface area contributed by atoms with E-state index in [1.807, 2.05) is 0 Å². The summed E-state index contributed by atoms with van der Waals surface area (Å²) < 4.78 is 39.0. The van der Waals surface area contributed by atoms with Crippen LogP contribution in [-0.2, 0) is 6.18 Å². The number of nitrogens with zero attached hydrogens (tertiary/aromatic N) is 2. The standard InChI is InChI=1S/C13H7F3IN3OS/c1-22-12-19-10(7(5-18)11(21)20-12)6-2-3-9(17)8(4-6)13(14,15)16/h2-4H,1H3,(H,19,20,21). The minimum atomic E-state index is -4.52. The van der Waals surface area contributed by atoms with Gasteiger partial charge in [-0.1, -0.05) is 17.8 Å². The number of aromatic amines is 1. The predicted octanol–water partition coefficient (Wildman–Crippen LogP) is 3.65. The van der Waals surface area contributed by atoms with Crippen molar-refractivity contribution < 1.29 is 13.2 Å². The Balaban J connectivity index is 2.75. The van der Waals surface area contributed by atoms with Crippen molar-refractivity contribution in [2.45, 2.75) is 11.3 Å². The van der Waals surface area contributed by atoms with Crippen molar-refractivity contribution in [1.29, 1.82) is 5.26 Å². The molecule has 0 aliphatic rings. The third kappa shape index (κ3) is 3.27. The van der Waals surface area contributed by atoms with Gasteiger partial charge in [0.15, 0.2) is 5.16 Å². The third-order valence-electron chi connectivity index (χ3n) is 2.75. The summed E-state index contributed by atoms with van der Waals surface area (Å²) in [5.41, 5.74) is -1.80. The van der Waals surface area contributed by atoms with Gasteiger partial charge in [-0.3, -0.25) is 4.79 Å². The summed E-state index contributed by atoms with van der Waals surface area (Å²) in [6, 6.07) is 5.27. The number of nitrogens with one attached hydrogen (secondary N) is 1. The molecule has 1 heterocycles. The maximum Gasteiger partial charge on any atom is 0.417 e. The van der Waals surface area contributed by atoms with Crippen LogP contribution < -0.4 is 5.56 Å². The van der Waals surface area contributed by atoms with E-state index in [-0.39, 0.29) is 25.5 Å². The van der Waals surface area contributed by atoms with Crippen molar-refractivity contribution in [3.05, 3.63) is 43.2 Å². The summed E-state index contributed by atoms with van der Waals surface area (Å²) in [5, 5.41) is 9.30. The van der Waals surface area contributed by atoms with E-state index in [1.165, 1.54) is 12.1 Å². The number of H-pyrrole nitrogens is 1. The zero-order valence-electron chi connectivity index (χ0n) is 11.0. The largest absolute Gasteiger partial charge is 0.417 e. The van der Waals surface area contributed by atoms with Crippen LogP contribution >= 0.6 is 34.4 Å². The van der Waals surface area contributed by atoms with E-state index in [1.54, 1.807) is 34.9 Å².